The van der Waals surface area contributed by atoms with Gasteiger partial charge in [0.1, 0.15) is 16.4 Å². The molecule has 0 saturated heterocycles. The summed E-state index contributed by atoms with van der Waals surface area (Å²) in [5, 5.41) is 0. The summed E-state index contributed by atoms with van der Waals surface area (Å²) in [6, 6.07) is 9.92. The van der Waals surface area contributed by atoms with Crippen LogP contribution in [0.25, 0.3) is 0 Å². The van der Waals surface area contributed by atoms with Gasteiger partial charge in [0.15, 0.2) is 13.2 Å². The van der Waals surface area contributed by atoms with Gasteiger partial charge in [-0.05, 0) is 24.3 Å². The predicted molar refractivity (Wildman–Crippen MR) is 101 cm³/mol. The third kappa shape index (κ3) is 7.09. The van der Waals surface area contributed by atoms with Crippen LogP contribution in [0.15, 0.2) is 66.1 Å². The molecular weight excluding hydrogens is 452 g/mol. The van der Waals surface area contributed by atoms with E-state index in [0.717, 1.165) is 16.4 Å². The molecule has 0 aliphatic heterocycles. The Balaban J connectivity index is 2.54. The van der Waals surface area contributed by atoms with Crippen LogP contribution in [-0.4, -0.2) is 40.5 Å². The van der Waals surface area contributed by atoms with Crippen LogP contribution in [0.5, 0.6) is 11.5 Å². The van der Waals surface area contributed by atoms with Crippen LogP contribution in [0.3, 0.4) is 0 Å². The van der Waals surface area contributed by atoms with Crippen molar-refractivity contribution in [3.8, 4) is 11.5 Å². The summed E-state index contributed by atoms with van der Waals surface area (Å²) in [6.07, 6.45) is -8.24. The van der Waals surface area contributed by atoms with Crippen LogP contribution in [-0.2, 0) is 10.0 Å². The van der Waals surface area contributed by atoms with Crippen molar-refractivity contribution in [1.82, 2.24) is 0 Å². The van der Waals surface area contributed by atoms with Gasteiger partial charge in [-0.15, -0.1) is 6.58 Å². The molecule has 0 aliphatic rings. The molecule has 0 saturated carbocycles. The number of nitrogens with zero attached hydrogens (tertiary/aromatic N) is 1. The van der Waals surface area contributed by atoms with Crippen molar-refractivity contribution in [2.45, 2.75) is 17.2 Å². The number of ether oxygens (including phenoxy) is 2. The highest BCUT2D eigenvalue weighted by molar-refractivity contribution is 7.93. The van der Waals surface area contributed by atoms with E-state index in [2.05, 4.69) is 16.1 Å². The number of sulfonamides is 1. The SMILES string of the molecule is C=CCN(c1ccccc1)S(=O)(=O)c1cc(OCC(F)(F)F)ccc1OCC(F)(F)F. The highest BCUT2D eigenvalue weighted by Gasteiger charge is 2.33. The average molecular weight is 469 g/mol. The number of benzene rings is 2. The van der Waals surface area contributed by atoms with Crippen molar-refractivity contribution >= 4 is 15.7 Å². The van der Waals surface area contributed by atoms with Gasteiger partial charge >= 0.3 is 12.4 Å². The Kier molecular flexibility index (Phi) is 7.47. The molecule has 0 amide bonds. The molecule has 12 heteroatoms. The Morgan fingerprint density at radius 1 is 0.903 bits per heavy atom. The largest absolute Gasteiger partial charge is 0.484 e. The maximum absolute atomic E-state index is 13.3. The summed E-state index contributed by atoms with van der Waals surface area (Å²) in [6.45, 7) is -0.321. The second kappa shape index (κ2) is 9.50. The standard InChI is InChI=1S/C19H17F6NO4S/c1-2-10-26(14-6-4-3-5-7-14)31(27,28)17-11-15(29-12-18(20,21)22)8-9-16(17)30-13-19(23,24)25/h2-9,11H,1,10,12-13H2. The fraction of sp³-hybridized carbons (Fsp3) is 0.263. The van der Waals surface area contributed by atoms with Crippen LogP contribution >= 0.6 is 0 Å². The molecule has 0 bridgehead atoms. The third-order valence-electron chi connectivity index (χ3n) is 3.62. The van der Waals surface area contributed by atoms with E-state index in [1.54, 1.807) is 6.07 Å². The van der Waals surface area contributed by atoms with E-state index >= 15 is 0 Å². The normalized spacial score (nSPS) is 12.3. The van der Waals surface area contributed by atoms with Crippen molar-refractivity contribution in [3.05, 3.63) is 61.2 Å². The lowest BCUT2D eigenvalue weighted by molar-refractivity contribution is -0.154. The zero-order valence-electron chi connectivity index (χ0n) is 15.8. The van der Waals surface area contributed by atoms with E-state index in [-0.39, 0.29) is 12.2 Å². The Hall–Kier alpha value is -2.89. The number of rotatable bonds is 9. The maximum atomic E-state index is 13.3. The van der Waals surface area contributed by atoms with Gasteiger partial charge in [-0.1, -0.05) is 24.3 Å². The number of para-hydroxylation sites is 1. The molecule has 170 valence electrons. The Morgan fingerprint density at radius 2 is 1.48 bits per heavy atom. The van der Waals surface area contributed by atoms with Crippen molar-refractivity contribution in [2.24, 2.45) is 0 Å². The molecule has 5 nitrogen and oxygen atoms in total. The molecule has 0 atom stereocenters. The van der Waals surface area contributed by atoms with E-state index in [4.69, 9.17) is 0 Å². The minimum Gasteiger partial charge on any atom is -0.484 e. The second-order valence-corrected chi connectivity index (χ2v) is 7.91. The van der Waals surface area contributed by atoms with Crippen LogP contribution in [0, 0.1) is 0 Å². The summed E-state index contributed by atoms with van der Waals surface area (Å²) in [5.74, 6) is -1.21. The molecule has 2 aromatic rings. The summed E-state index contributed by atoms with van der Waals surface area (Å²) in [5.41, 5.74) is 0.158. The summed E-state index contributed by atoms with van der Waals surface area (Å²) in [4.78, 5) is -0.790. The highest BCUT2D eigenvalue weighted by atomic mass is 32.2. The van der Waals surface area contributed by atoms with E-state index in [1.807, 2.05) is 0 Å². The van der Waals surface area contributed by atoms with Gasteiger partial charge < -0.3 is 9.47 Å². The monoisotopic (exact) mass is 469 g/mol. The third-order valence-corrected chi connectivity index (χ3v) is 5.43. The van der Waals surface area contributed by atoms with E-state index in [9.17, 15) is 34.8 Å². The minimum absolute atomic E-state index is 0.158. The number of anilines is 1. The Bertz CT molecular complexity index is 991. The quantitative estimate of drug-likeness (QED) is 0.385. The van der Waals surface area contributed by atoms with Crippen molar-refractivity contribution < 1.29 is 44.2 Å². The van der Waals surface area contributed by atoms with Crippen molar-refractivity contribution in [3.63, 3.8) is 0 Å². The molecule has 0 aromatic heterocycles. The lowest BCUT2D eigenvalue weighted by Gasteiger charge is -2.25. The molecule has 0 unspecified atom stereocenters. The van der Waals surface area contributed by atoms with Crippen molar-refractivity contribution in [1.29, 1.82) is 0 Å². The van der Waals surface area contributed by atoms with Gasteiger partial charge in [-0.3, -0.25) is 4.31 Å². The maximum Gasteiger partial charge on any atom is 0.422 e. The minimum atomic E-state index is -4.77. The number of halogens is 6. The zero-order valence-corrected chi connectivity index (χ0v) is 16.6. The van der Waals surface area contributed by atoms with Crippen LogP contribution in [0.1, 0.15) is 0 Å². The van der Waals surface area contributed by atoms with Gasteiger partial charge in [0.2, 0.25) is 0 Å². The highest BCUT2D eigenvalue weighted by Crippen LogP contribution is 2.34. The first-order chi connectivity index (χ1) is 14.3. The molecule has 2 aromatic carbocycles. The first kappa shape index (κ1) is 24.4. The lowest BCUT2D eigenvalue weighted by atomic mass is 10.3. The lowest BCUT2D eigenvalue weighted by Crippen LogP contribution is -2.32. The smallest absolute Gasteiger partial charge is 0.422 e. The molecular formula is C19H17F6NO4S. The van der Waals surface area contributed by atoms with Gasteiger partial charge in [0, 0.05) is 6.07 Å². The summed E-state index contributed by atoms with van der Waals surface area (Å²) >= 11 is 0. The Morgan fingerprint density at radius 3 is 2.03 bits per heavy atom. The fourth-order valence-electron chi connectivity index (χ4n) is 2.40. The summed E-state index contributed by atoms with van der Waals surface area (Å²) in [7, 11) is -4.58. The molecule has 2 rings (SSSR count). The first-order valence-corrected chi connectivity index (χ1v) is 9.99. The molecule has 0 heterocycles. The van der Waals surface area contributed by atoms with Gasteiger partial charge in [-0.25, -0.2) is 8.42 Å². The number of hydrogen-bond acceptors (Lipinski definition) is 4. The van der Waals surface area contributed by atoms with Gasteiger partial charge in [0.25, 0.3) is 10.0 Å². The molecule has 31 heavy (non-hydrogen) atoms. The van der Waals surface area contributed by atoms with Crippen molar-refractivity contribution in [2.75, 3.05) is 24.1 Å². The molecule has 0 fully saturated rings. The molecule has 0 radical (unpaired) electrons. The average Bonchev–Trinajstić information content (AvgIpc) is 2.68. The van der Waals surface area contributed by atoms with Gasteiger partial charge in [0.05, 0.1) is 12.2 Å². The topological polar surface area (TPSA) is 55.8 Å². The summed E-state index contributed by atoms with van der Waals surface area (Å²) < 4.78 is 112. The molecule has 0 N–H and O–H groups in total. The predicted octanol–water partition coefficient (Wildman–Crippen LogP) is 4.95. The first-order valence-electron chi connectivity index (χ1n) is 8.55. The molecule has 0 spiro atoms. The number of alkyl halides is 6. The van der Waals surface area contributed by atoms with Crippen LogP contribution in [0.4, 0.5) is 32.0 Å². The Labute approximate surface area is 174 Å². The second-order valence-electron chi connectivity index (χ2n) is 6.08. The van der Waals surface area contributed by atoms with Crippen LogP contribution < -0.4 is 13.8 Å². The van der Waals surface area contributed by atoms with Crippen LogP contribution in [0.2, 0.25) is 0 Å². The molecule has 0 aliphatic carbocycles. The van der Waals surface area contributed by atoms with E-state index in [1.165, 1.54) is 30.3 Å². The van der Waals surface area contributed by atoms with E-state index < -0.39 is 52.0 Å². The number of hydrogen-bond donors (Lipinski definition) is 0. The fourth-order valence-corrected chi connectivity index (χ4v) is 3.98. The van der Waals surface area contributed by atoms with Gasteiger partial charge in [-0.2, -0.15) is 26.3 Å². The zero-order chi connectivity index (χ0) is 23.3. The van der Waals surface area contributed by atoms with E-state index in [0.29, 0.717) is 6.07 Å².